The van der Waals surface area contributed by atoms with Gasteiger partial charge < -0.3 is 5.73 Å². The van der Waals surface area contributed by atoms with E-state index >= 15 is 0 Å². The Labute approximate surface area is 121 Å². The molecular weight excluding hydrogens is 254 g/mol. The van der Waals surface area contributed by atoms with Gasteiger partial charge in [-0.1, -0.05) is 33.6 Å². The maximum Gasteiger partial charge on any atom is 0.0501 e. The lowest BCUT2D eigenvalue weighted by atomic mass is 9.71. The minimum Gasteiger partial charge on any atom is -0.327 e. The third kappa shape index (κ3) is 4.04. The van der Waals surface area contributed by atoms with E-state index in [2.05, 4.69) is 20.8 Å². The molecule has 0 aliphatic heterocycles. The molecule has 0 saturated heterocycles. The van der Waals surface area contributed by atoms with Crippen molar-refractivity contribution in [2.24, 2.45) is 23.0 Å². The van der Waals surface area contributed by atoms with Gasteiger partial charge in [-0.2, -0.15) is 0 Å². The molecule has 19 heavy (non-hydrogen) atoms. The van der Waals surface area contributed by atoms with Crippen LogP contribution in [-0.4, -0.2) is 21.3 Å². The third-order valence-corrected chi connectivity index (χ3v) is 7.30. The molecule has 0 aromatic heterocycles. The van der Waals surface area contributed by atoms with Gasteiger partial charge >= 0.3 is 0 Å². The Morgan fingerprint density at radius 2 is 1.74 bits per heavy atom. The normalized spacial score (nSPS) is 35.5. The summed E-state index contributed by atoms with van der Waals surface area (Å²) in [5.41, 5.74) is 6.60. The first kappa shape index (κ1) is 15.5. The molecule has 0 amide bonds. The molecule has 2 saturated carbocycles. The van der Waals surface area contributed by atoms with E-state index in [1.165, 1.54) is 32.1 Å². The maximum absolute atomic E-state index is 12.7. The lowest BCUT2D eigenvalue weighted by molar-refractivity contribution is 0.173. The summed E-state index contributed by atoms with van der Waals surface area (Å²) in [4.78, 5) is 0. The van der Waals surface area contributed by atoms with Crippen LogP contribution in [0.4, 0.5) is 0 Å². The van der Waals surface area contributed by atoms with E-state index < -0.39 is 10.8 Å². The highest BCUT2D eigenvalue weighted by Gasteiger charge is 2.37. The number of nitrogens with two attached hydrogens (primary N) is 1. The molecule has 2 nitrogen and oxygen atoms in total. The van der Waals surface area contributed by atoms with Crippen molar-refractivity contribution in [2.45, 2.75) is 77.0 Å². The second kappa shape index (κ2) is 6.26. The van der Waals surface area contributed by atoms with E-state index in [0.29, 0.717) is 17.3 Å². The lowest BCUT2D eigenvalue weighted by Crippen LogP contribution is -2.46. The van der Waals surface area contributed by atoms with Gasteiger partial charge in [0, 0.05) is 22.6 Å². The molecule has 2 fully saturated rings. The topological polar surface area (TPSA) is 43.1 Å². The molecule has 2 aliphatic carbocycles. The van der Waals surface area contributed by atoms with E-state index in [1.807, 2.05) is 0 Å². The molecule has 0 radical (unpaired) electrons. The van der Waals surface area contributed by atoms with Crippen molar-refractivity contribution in [3.05, 3.63) is 0 Å². The van der Waals surface area contributed by atoms with E-state index in [4.69, 9.17) is 5.73 Å². The molecule has 2 aliphatic rings. The predicted octanol–water partition coefficient (Wildman–Crippen LogP) is 3.47. The fraction of sp³-hybridized carbons (Fsp3) is 1.00. The summed E-state index contributed by atoms with van der Waals surface area (Å²) in [6, 6.07) is 0.167. The highest BCUT2D eigenvalue weighted by molar-refractivity contribution is 7.85. The Bertz CT molecular complexity index is 317. The largest absolute Gasteiger partial charge is 0.327 e. The van der Waals surface area contributed by atoms with Gasteiger partial charge in [0.05, 0.1) is 5.25 Å². The molecule has 0 aromatic carbocycles. The fourth-order valence-electron chi connectivity index (χ4n) is 3.77. The zero-order valence-corrected chi connectivity index (χ0v) is 13.7. The van der Waals surface area contributed by atoms with Crippen molar-refractivity contribution in [3.8, 4) is 0 Å². The van der Waals surface area contributed by atoms with Crippen molar-refractivity contribution < 1.29 is 4.21 Å². The first-order valence-corrected chi connectivity index (χ1v) is 9.39. The zero-order valence-electron chi connectivity index (χ0n) is 12.9. The summed E-state index contributed by atoms with van der Waals surface area (Å²) in [7, 11) is -0.707. The van der Waals surface area contributed by atoms with Crippen LogP contribution in [0.2, 0.25) is 0 Å². The second-order valence-corrected chi connectivity index (χ2v) is 9.48. The molecule has 0 bridgehead atoms. The summed E-state index contributed by atoms with van der Waals surface area (Å²) in [6.07, 6.45) is 8.59. The number of hydrogen-bond donors (Lipinski definition) is 1. The molecule has 4 atom stereocenters. The van der Waals surface area contributed by atoms with Crippen LogP contribution in [0, 0.1) is 17.3 Å². The zero-order chi connectivity index (χ0) is 14.0. The van der Waals surface area contributed by atoms with E-state index in [1.54, 1.807) is 0 Å². The monoisotopic (exact) mass is 285 g/mol. The highest BCUT2D eigenvalue weighted by atomic mass is 32.2. The maximum atomic E-state index is 12.7. The van der Waals surface area contributed by atoms with E-state index in [0.717, 1.165) is 18.6 Å². The average Bonchev–Trinajstić information content (AvgIpc) is 2.80. The van der Waals surface area contributed by atoms with E-state index in [9.17, 15) is 4.21 Å². The Kier molecular flexibility index (Phi) is 5.10. The van der Waals surface area contributed by atoms with Gasteiger partial charge in [0.1, 0.15) is 0 Å². The summed E-state index contributed by atoms with van der Waals surface area (Å²) in [5.74, 6) is 2.31. The van der Waals surface area contributed by atoms with Gasteiger partial charge in [0.15, 0.2) is 0 Å². The van der Waals surface area contributed by atoms with Crippen LogP contribution in [0.3, 0.4) is 0 Å². The van der Waals surface area contributed by atoms with Gasteiger partial charge in [0.25, 0.3) is 0 Å². The molecule has 0 aromatic rings. The molecule has 0 spiro atoms. The Morgan fingerprint density at radius 1 is 1.11 bits per heavy atom. The van der Waals surface area contributed by atoms with Crippen LogP contribution >= 0.6 is 0 Å². The average molecular weight is 285 g/mol. The molecule has 2 N–H and O–H groups in total. The van der Waals surface area contributed by atoms with Gasteiger partial charge in [-0.05, 0) is 49.4 Å². The van der Waals surface area contributed by atoms with Gasteiger partial charge in [-0.15, -0.1) is 0 Å². The summed E-state index contributed by atoms with van der Waals surface area (Å²) >= 11 is 0. The van der Waals surface area contributed by atoms with Crippen molar-refractivity contribution in [3.63, 3.8) is 0 Å². The standard InChI is InChI=1S/C16H31NOS/c1-16(2,3)13-8-9-14(17)15(10-13)19(18)11-12-6-4-5-7-12/h12-15H,4-11,17H2,1-3H3. The number of rotatable bonds is 3. The summed E-state index contributed by atoms with van der Waals surface area (Å²) in [5, 5.41) is 0.249. The Balaban J connectivity index is 1.94. The highest BCUT2D eigenvalue weighted by Crippen LogP contribution is 2.39. The third-order valence-electron chi connectivity index (χ3n) is 5.28. The SMILES string of the molecule is CC(C)(C)C1CCC(N)C(S(=O)CC2CCCC2)C1. The number of hydrogen-bond acceptors (Lipinski definition) is 2. The lowest BCUT2D eigenvalue weighted by Gasteiger charge is -2.40. The van der Waals surface area contributed by atoms with Crippen molar-refractivity contribution >= 4 is 10.8 Å². The van der Waals surface area contributed by atoms with Crippen molar-refractivity contribution in [2.75, 3.05) is 5.75 Å². The van der Waals surface area contributed by atoms with Crippen LogP contribution in [-0.2, 0) is 10.8 Å². The van der Waals surface area contributed by atoms with Crippen LogP contribution in [0.15, 0.2) is 0 Å². The minimum atomic E-state index is -0.707. The quantitative estimate of drug-likeness (QED) is 0.863. The second-order valence-electron chi connectivity index (χ2n) is 7.78. The molecule has 2 rings (SSSR count). The molecular formula is C16H31NOS. The van der Waals surface area contributed by atoms with Crippen molar-refractivity contribution in [1.82, 2.24) is 0 Å². The van der Waals surface area contributed by atoms with Crippen molar-refractivity contribution in [1.29, 1.82) is 0 Å². The predicted molar refractivity (Wildman–Crippen MR) is 83.5 cm³/mol. The molecule has 0 heterocycles. The summed E-state index contributed by atoms with van der Waals surface area (Å²) < 4.78 is 12.7. The van der Waals surface area contributed by atoms with Crippen LogP contribution in [0.25, 0.3) is 0 Å². The Hall–Kier alpha value is 0.110. The van der Waals surface area contributed by atoms with Crippen LogP contribution in [0.1, 0.15) is 65.7 Å². The van der Waals surface area contributed by atoms with Gasteiger partial charge in [0.2, 0.25) is 0 Å². The molecule has 4 unspecified atom stereocenters. The smallest absolute Gasteiger partial charge is 0.0501 e. The first-order valence-electron chi connectivity index (χ1n) is 8.00. The first-order chi connectivity index (χ1) is 8.88. The van der Waals surface area contributed by atoms with E-state index in [-0.39, 0.29) is 11.3 Å². The fourth-order valence-corrected chi connectivity index (χ4v) is 5.79. The van der Waals surface area contributed by atoms with Crippen LogP contribution < -0.4 is 5.73 Å². The van der Waals surface area contributed by atoms with Crippen LogP contribution in [0.5, 0.6) is 0 Å². The van der Waals surface area contributed by atoms with Gasteiger partial charge in [-0.3, -0.25) is 4.21 Å². The van der Waals surface area contributed by atoms with Gasteiger partial charge in [-0.25, -0.2) is 0 Å². The Morgan fingerprint density at radius 3 is 2.32 bits per heavy atom. The molecule has 3 heteroatoms. The molecule has 112 valence electrons. The summed E-state index contributed by atoms with van der Waals surface area (Å²) in [6.45, 7) is 6.93. The minimum absolute atomic E-state index is 0.167.